The minimum Gasteiger partial charge on any atom is -0.356 e. The lowest BCUT2D eigenvalue weighted by Crippen LogP contribution is -2.32. The lowest BCUT2D eigenvalue weighted by atomic mass is 10.2. The molecule has 0 aliphatic rings. The topological polar surface area (TPSA) is 49.7 Å². The molecule has 0 radical (unpaired) electrons. The summed E-state index contributed by atoms with van der Waals surface area (Å²) in [6.45, 7) is 4.95. The summed E-state index contributed by atoms with van der Waals surface area (Å²) in [6, 6.07) is 11.4. The molecule has 0 fully saturated rings. The highest BCUT2D eigenvalue weighted by molar-refractivity contribution is 7.90. The van der Waals surface area contributed by atoms with Crippen molar-refractivity contribution in [3.05, 3.63) is 64.9 Å². The minimum atomic E-state index is -3.91. The second-order valence-electron chi connectivity index (χ2n) is 5.02. The van der Waals surface area contributed by atoms with E-state index in [-0.39, 0.29) is 10.7 Å². The second-order valence-corrected chi connectivity index (χ2v) is 7.06. The van der Waals surface area contributed by atoms with Crippen LogP contribution in [-0.2, 0) is 10.0 Å². The van der Waals surface area contributed by atoms with E-state index in [4.69, 9.17) is 11.6 Å². The van der Waals surface area contributed by atoms with Crippen LogP contribution < -0.4 is 0 Å². The molecule has 128 valence electrons. The average molecular weight is 369 g/mol. The van der Waals surface area contributed by atoms with Gasteiger partial charge in [-0.2, -0.15) is 8.42 Å². The van der Waals surface area contributed by atoms with Gasteiger partial charge in [0.25, 0.3) is 10.0 Å². The molecule has 4 nitrogen and oxygen atoms in total. The van der Waals surface area contributed by atoms with Crippen LogP contribution >= 0.6 is 11.6 Å². The van der Waals surface area contributed by atoms with E-state index in [0.29, 0.717) is 23.7 Å². The molecule has 0 amide bonds. The summed E-state index contributed by atoms with van der Waals surface area (Å²) in [5, 5.41) is 0.445. The number of nitrogens with zero attached hydrogens (tertiary/aromatic N) is 2. The largest absolute Gasteiger partial charge is 0.356 e. The van der Waals surface area contributed by atoms with Gasteiger partial charge in [-0.05, 0) is 62.4 Å². The maximum absolute atomic E-state index is 13.2. The van der Waals surface area contributed by atoms with Crippen LogP contribution in [-0.4, -0.2) is 32.2 Å². The monoisotopic (exact) mass is 368 g/mol. The lowest BCUT2D eigenvalue weighted by molar-refractivity contribution is 0.466. The molecule has 2 rings (SSSR count). The van der Waals surface area contributed by atoms with Gasteiger partial charge in [0.05, 0.1) is 4.90 Å². The molecule has 0 aliphatic heterocycles. The van der Waals surface area contributed by atoms with Crippen molar-refractivity contribution in [3.8, 4) is 0 Å². The van der Waals surface area contributed by atoms with Gasteiger partial charge in [0.1, 0.15) is 11.7 Å². The zero-order valence-corrected chi connectivity index (χ0v) is 15.0. The predicted molar refractivity (Wildman–Crippen MR) is 94.5 cm³/mol. The van der Waals surface area contributed by atoms with E-state index in [9.17, 15) is 12.8 Å². The van der Waals surface area contributed by atoms with E-state index in [0.717, 1.165) is 0 Å². The van der Waals surface area contributed by atoms with Crippen LogP contribution in [0.4, 0.5) is 4.39 Å². The Bertz CT molecular complexity index is 815. The van der Waals surface area contributed by atoms with Gasteiger partial charge in [-0.25, -0.2) is 4.39 Å². The zero-order valence-electron chi connectivity index (χ0n) is 13.4. The first-order valence-electron chi connectivity index (χ1n) is 7.48. The first-order chi connectivity index (χ1) is 11.4. The Morgan fingerprint density at radius 3 is 2.08 bits per heavy atom. The van der Waals surface area contributed by atoms with E-state index < -0.39 is 15.8 Å². The Morgan fingerprint density at radius 1 is 1.04 bits per heavy atom. The summed E-state index contributed by atoms with van der Waals surface area (Å²) >= 11 is 5.80. The quantitative estimate of drug-likeness (QED) is 0.593. The molecular formula is C17H18ClFN2O2S. The standard InChI is InChI=1S/C17H18ClFN2O2S/c1-3-21(4-2)17(13-5-9-15(19)10-6-13)20-24(22,23)16-11-7-14(18)8-12-16/h5-12H,3-4H2,1-2H3. The van der Waals surface area contributed by atoms with Crippen molar-refractivity contribution < 1.29 is 12.8 Å². The molecule has 7 heteroatoms. The molecule has 0 heterocycles. The lowest BCUT2D eigenvalue weighted by Gasteiger charge is -2.23. The molecule has 2 aromatic rings. The smallest absolute Gasteiger partial charge is 0.284 e. The molecule has 0 aliphatic carbocycles. The summed E-state index contributed by atoms with van der Waals surface area (Å²) in [7, 11) is -3.91. The van der Waals surface area contributed by atoms with Gasteiger partial charge < -0.3 is 4.90 Å². The summed E-state index contributed by atoms with van der Waals surface area (Å²) in [5.41, 5.74) is 0.539. The third kappa shape index (κ3) is 4.33. The van der Waals surface area contributed by atoms with Gasteiger partial charge in [-0.3, -0.25) is 0 Å². The first kappa shape index (κ1) is 18.4. The van der Waals surface area contributed by atoms with Crippen LogP contribution in [0.1, 0.15) is 19.4 Å². The molecule has 0 spiro atoms. The van der Waals surface area contributed by atoms with Gasteiger partial charge in [-0.15, -0.1) is 4.40 Å². The predicted octanol–water partition coefficient (Wildman–Crippen LogP) is 3.96. The van der Waals surface area contributed by atoms with Crippen molar-refractivity contribution in [1.29, 1.82) is 0 Å². The van der Waals surface area contributed by atoms with Crippen molar-refractivity contribution in [2.75, 3.05) is 13.1 Å². The van der Waals surface area contributed by atoms with Gasteiger partial charge in [0.15, 0.2) is 0 Å². The number of hydrogen-bond donors (Lipinski definition) is 0. The molecule has 0 atom stereocenters. The fraction of sp³-hybridized carbons (Fsp3) is 0.235. The summed E-state index contributed by atoms with van der Waals surface area (Å²) in [6.07, 6.45) is 0. The van der Waals surface area contributed by atoms with Crippen LogP contribution in [0.2, 0.25) is 5.02 Å². The number of benzene rings is 2. The van der Waals surface area contributed by atoms with Crippen LogP contribution in [0.3, 0.4) is 0 Å². The van der Waals surface area contributed by atoms with Crippen LogP contribution in [0.5, 0.6) is 0 Å². The molecule has 2 aromatic carbocycles. The van der Waals surface area contributed by atoms with Gasteiger partial charge in [0, 0.05) is 23.7 Å². The molecule has 0 bridgehead atoms. The van der Waals surface area contributed by atoms with E-state index >= 15 is 0 Å². The van der Waals surface area contributed by atoms with Gasteiger partial charge in [-0.1, -0.05) is 11.6 Å². The van der Waals surface area contributed by atoms with Crippen molar-refractivity contribution in [3.63, 3.8) is 0 Å². The number of rotatable bonds is 5. The van der Waals surface area contributed by atoms with E-state index in [2.05, 4.69) is 4.40 Å². The summed E-state index contributed by atoms with van der Waals surface area (Å²) < 4.78 is 42.4. The van der Waals surface area contributed by atoms with Gasteiger partial charge >= 0.3 is 0 Å². The molecule has 0 saturated heterocycles. The number of hydrogen-bond acceptors (Lipinski definition) is 2. The van der Waals surface area contributed by atoms with E-state index in [1.165, 1.54) is 48.5 Å². The van der Waals surface area contributed by atoms with Crippen molar-refractivity contribution in [2.45, 2.75) is 18.7 Å². The highest BCUT2D eigenvalue weighted by atomic mass is 35.5. The molecule has 24 heavy (non-hydrogen) atoms. The second kappa shape index (κ2) is 7.77. The molecular weight excluding hydrogens is 351 g/mol. The van der Waals surface area contributed by atoms with Crippen molar-refractivity contribution >= 4 is 27.5 Å². The van der Waals surface area contributed by atoms with Gasteiger partial charge in [0.2, 0.25) is 0 Å². The highest BCUT2D eigenvalue weighted by Crippen LogP contribution is 2.18. The minimum absolute atomic E-state index is 0.0543. The summed E-state index contributed by atoms with van der Waals surface area (Å²) in [5.74, 6) is -0.104. The number of amidine groups is 1. The fourth-order valence-electron chi connectivity index (χ4n) is 2.19. The van der Waals surface area contributed by atoms with Crippen LogP contribution in [0.15, 0.2) is 57.8 Å². The van der Waals surface area contributed by atoms with Crippen LogP contribution in [0, 0.1) is 5.82 Å². The Morgan fingerprint density at radius 2 is 1.58 bits per heavy atom. The third-order valence-corrected chi connectivity index (χ3v) is 5.02. The number of halogens is 2. The fourth-order valence-corrected chi connectivity index (χ4v) is 3.35. The normalized spacial score (nSPS) is 12.2. The van der Waals surface area contributed by atoms with Crippen molar-refractivity contribution in [1.82, 2.24) is 4.90 Å². The van der Waals surface area contributed by atoms with Crippen molar-refractivity contribution in [2.24, 2.45) is 4.40 Å². The maximum Gasteiger partial charge on any atom is 0.284 e. The summed E-state index contributed by atoms with van der Waals surface area (Å²) in [4.78, 5) is 1.86. The average Bonchev–Trinajstić information content (AvgIpc) is 2.56. The third-order valence-electron chi connectivity index (χ3n) is 3.48. The maximum atomic E-state index is 13.2. The Kier molecular flexibility index (Phi) is 5.96. The first-order valence-corrected chi connectivity index (χ1v) is 9.30. The highest BCUT2D eigenvalue weighted by Gasteiger charge is 2.18. The molecule has 0 saturated carbocycles. The zero-order chi connectivity index (χ0) is 17.7. The number of sulfonamides is 1. The van der Waals surface area contributed by atoms with Crippen LogP contribution in [0.25, 0.3) is 0 Å². The van der Waals surface area contributed by atoms with E-state index in [1.54, 1.807) is 4.90 Å². The Labute approximate surface area is 146 Å². The molecule has 0 N–H and O–H groups in total. The van der Waals surface area contributed by atoms with E-state index in [1.807, 2.05) is 13.8 Å². The SMILES string of the molecule is CCN(CC)C(=NS(=O)(=O)c1ccc(Cl)cc1)c1ccc(F)cc1. The Balaban J connectivity index is 2.54. The Hall–Kier alpha value is -1.92. The molecule has 0 aromatic heterocycles. The molecule has 0 unspecified atom stereocenters.